The second kappa shape index (κ2) is 5.03. The van der Waals surface area contributed by atoms with Crippen LogP contribution in [-0.4, -0.2) is 50.1 Å². The van der Waals surface area contributed by atoms with Gasteiger partial charge in [-0.25, -0.2) is 13.4 Å². The van der Waals surface area contributed by atoms with Gasteiger partial charge in [-0.2, -0.15) is 9.57 Å². The number of hydrogen-bond donors (Lipinski definition) is 1. The molecule has 7 nitrogen and oxygen atoms in total. The van der Waals surface area contributed by atoms with E-state index in [1.165, 1.54) is 10.6 Å². The lowest BCUT2D eigenvalue weighted by atomic mass is 10.3. The van der Waals surface area contributed by atoms with Gasteiger partial charge in [0.25, 0.3) is 0 Å². The van der Waals surface area contributed by atoms with Crippen LogP contribution in [0.3, 0.4) is 0 Å². The Labute approximate surface area is 112 Å². The number of nitrogens with zero attached hydrogens (tertiary/aromatic N) is 4. The Morgan fingerprint density at radius 2 is 1.95 bits per heavy atom. The highest BCUT2D eigenvalue weighted by molar-refractivity contribution is 7.88. The van der Waals surface area contributed by atoms with Crippen LogP contribution in [0.4, 0.5) is 11.5 Å². The molecule has 0 bridgehead atoms. The predicted octanol–water partition coefficient (Wildman–Crippen LogP) is -0.383. The molecule has 0 unspecified atom stereocenters. The zero-order valence-electron chi connectivity index (χ0n) is 10.6. The fourth-order valence-corrected chi connectivity index (χ4v) is 2.80. The van der Waals surface area contributed by atoms with Crippen molar-refractivity contribution in [3.05, 3.63) is 17.8 Å². The molecule has 2 N–H and O–H groups in total. The summed E-state index contributed by atoms with van der Waals surface area (Å²) in [7, 11) is -3.14. The molecule has 0 aliphatic carbocycles. The Hall–Kier alpha value is -1.85. The number of rotatable bonds is 2. The third-order valence-electron chi connectivity index (χ3n) is 3.05. The van der Waals surface area contributed by atoms with Gasteiger partial charge in [0, 0.05) is 26.2 Å². The van der Waals surface area contributed by atoms with Gasteiger partial charge in [0.05, 0.1) is 11.9 Å². The molecule has 1 fully saturated rings. The van der Waals surface area contributed by atoms with E-state index < -0.39 is 10.0 Å². The fraction of sp³-hybridized carbons (Fsp3) is 0.455. The number of aromatic nitrogens is 1. The third kappa shape index (κ3) is 2.94. The van der Waals surface area contributed by atoms with E-state index in [0.717, 1.165) is 0 Å². The largest absolute Gasteiger partial charge is 0.396 e. The molecule has 1 aliphatic heterocycles. The van der Waals surface area contributed by atoms with Crippen LogP contribution in [0.25, 0.3) is 0 Å². The van der Waals surface area contributed by atoms with Gasteiger partial charge in [-0.3, -0.25) is 0 Å². The Morgan fingerprint density at radius 1 is 1.32 bits per heavy atom. The summed E-state index contributed by atoms with van der Waals surface area (Å²) in [4.78, 5) is 6.12. The molecule has 1 aromatic heterocycles. The maximum atomic E-state index is 11.4. The number of anilines is 2. The van der Waals surface area contributed by atoms with E-state index in [1.54, 1.807) is 12.1 Å². The lowest BCUT2D eigenvalue weighted by Gasteiger charge is -2.34. The van der Waals surface area contributed by atoms with Crippen LogP contribution >= 0.6 is 0 Å². The average molecular weight is 281 g/mol. The molecule has 0 radical (unpaired) electrons. The van der Waals surface area contributed by atoms with Crippen LogP contribution in [-0.2, 0) is 10.0 Å². The molecular formula is C11H15N5O2S. The molecule has 0 spiro atoms. The quantitative estimate of drug-likeness (QED) is 0.792. The molecule has 1 aromatic rings. The highest BCUT2D eigenvalue weighted by Crippen LogP contribution is 2.18. The summed E-state index contributed by atoms with van der Waals surface area (Å²) in [6.07, 6.45) is 1.21. The summed E-state index contributed by atoms with van der Waals surface area (Å²) in [5, 5.41) is 8.89. The maximum Gasteiger partial charge on any atom is 0.211 e. The van der Waals surface area contributed by atoms with E-state index in [2.05, 4.69) is 4.98 Å². The van der Waals surface area contributed by atoms with Crippen LogP contribution < -0.4 is 10.6 Å². The van der Waals surface area contributed by atoms with Gasteiger partial charge in [-0.15, -0.1) is 0 Å². The van der Waals surface area contributed by atoms with E-state index in [4.69, 9.17) is 11.0 Å². The van der Waals surface area contributed by atoms with Gasteiger partial charge in [-0.05, 0) is 12.1 Å². The summed E-state index contributed by atoms with van der Waals surface area (Å²) in [5.41, 5.74) is 6.16. The molecule has 0 aromatic carbocycles. The third-order valence-corrected chi connectivity index (χ3v) is 4.35. The Bertz CT molecular complexity index is 614. The van der Waals surface area contributed by atoms with Crippen LogP contribution in [0.15, 0.2) is 12.1 Å². The van der Waals surface area contributed by atoms with Crippen LogP contribution in [0.1, 0.15) is 5.69 Å². The number of pyridine rings is 1. The summed E-state index contributed by atoms with van der Waals surface area (Å²) in [5.74, 6) is 0.652. The number of hydrogen-bond acceptors (Lipinski definition) is 6. The normalized spacial score (nSPS) is 17.2. The molecule has 19 heavy (non-hydrogen) atoms. The Morgan fingerprint density at radius 3 is 2.47 bits per heavy atom. The first-order valence-electron chi connectivity index (χ1n) is 5.78. The first-order chi connectivity index (χ1) is 8.91. The number of piperazine rings is 1. The van der Waals surface area contributed by atoms with E-state index in [9.17, 15) is 8.42 Å². The van der Waals surface area contributed by atoms with Crippen molar-refractivity contribution in [3.8, 4) is 6.07 Å². The zero-order chi connectivity index (χ0) is 14.0. The summed E-state index contributed by atoms with van der Waals surface area (Å²) >= 11 is 0. The second-order valence-electron chi connectivity index (χ2n) is 4.37. The van der Waals surface area contributed by atoms with Crippen molar-refractivity contribution in [2.75, 3.05) is 43.1 Å². The lowest BCUT2D eigenvalue weighted by molar-refractivity contribution is 0.387. The number of nitriles is 1. The van der Waals surface area contributed by atoms with Crippen LogP contribution in [0, 0.1) is 11.3 Å². The average Bonchev–Trinajstić information content (AvgIpc) is 2.38. The highest BCUT2D eigenvalue weighted by Gasteiger charge is 2.24. The minimum Gasteiger partial charge on any atom is -0.396 e. The Kier molecular flexibility index (Phi) is 3.59. The first kappa shape index (κ1) is 13.6. The summed E-state index contributed by atoms with van der Waals surface area (Å²) < 4.78 is 24.3. The van der Waals surface area contributed by atoms with E-state index >= 15 is 0 Å². The minimum atomic E-state index is -3.14. The van der Waals surface area contributed by atoms with Crippen LogP contribution in [0.2, 0.25) is 0 Å². The topological polar surface area (TPSA) is 103 Å². The monoisotopic (exact) mass is 281 g/mol. The standard InChI is InChI=1S/C11H15N5O2S/c1-19(17,18)16-6-4-15(5-7-16)11-3-2-9(13)10(8-12)14-11/h2-3H,4-7,13H2,1H3. The molecule has 0 atom stereocenters. The lowest BCUT2D eigenvalue weighted by Crippen LogP contribution is -2.48. The SMILES string of the molecule is CS(=O)(=O)N1CCN(c2ccc(N)c(C#N)n2)CC1. The van der Waals surface area contributed by atoms with Gasteiger partial charge in [0.15, 0.2) is 5.69 Å². The molecule has 1 aliphatic rings. The van der Waals surface area contributed by atoms with E-state index in [-0.39, 0.29) is 5.69 Å². The first-order valence-corrected chi connectivity index (χ1v) is 7.63. The Balaban J connectivity index is 2.12. The molecule has 8 heteroatoms. The van der Waals surface area contributed by atoms with Crippen molar-refractivity contribution in [1.82, 2.24) is 9.29 Å². The van der Waals surface area contributed by atoms with Gasteiger partial charge in [0.1, 0.15) is 11.9 Å². The van der Waals surface area contributed by atoms with Crippen molar-refractivity contribution >= 4 is 21.5 Å². The van der Waals surface area contributed by atoms with Crippen LogP contribution in [0.5, 0.6) is 0 Å². The molecule has 2 rings (SSSR count). The molecule has 1 saturated heterocycles. The van der Waals surface area contributed by atoms with Crippen molar-refractivity contribution in [3.63, 3.8) is 0 Å². The van der Waals surface area contributed by atoms with Crippen molar-refractivity contribution in [2.24, 2.45) is 0 Å². The fourth-order valence-electron chi connectivity index (χ4n) is 1.97. The highest BCUT2D eigenvalue weighted by atomic mass is 32.2. The zero-order valence-corrected chi connectivity index (χ0v) is 11.4. The van der Waals surface area contributed by atoms with Gasteiger partial charge in [0.2, 0.25) is 10.0 Å². The number of sulfonamides is 1. The molecule has 2 heterocycles. The second-order valence-corrected chi connectivity index (χ2v) is 6.35. The molecule has 0 saturated carbocycles. The number of nitrogen functional groups attached to an aromatic ring is 1. The number of nitrogens with two attached hydrogens (primary N) is 1. The van der Waals surface area contributed by atoms with Gasteiger partial charge >= 0.3 is 0 Å². The summed E-state index contributed by atoms with van der Waals surface area (Å²) in [6, 6.07) is 5.32. The van der Waals surface area contributed by atoms with Crippen molar-refractivity contribution in [1.29, 1.82) is 5.26 Å². The molecular weight excluding hydrogens is 266 g/mol. The van der Waals surface area contributed by atoms with Gasteiger partial charge in [-0.1, -0.05) is 0 Å². The summed E-state index contributed by atoms with van der Waals surface area (Å²) in [6.45, 7) is 1.95. The molecule has 102 valence electrons. The van der Waals surface area contributed by atoms with Gasteiger partial charge < -0.3 is 10.6 Å². The maximum absolute atomic E-state index is 11.4. The minimum absolute atomic E-state index is 0.197. The smallest absolute Gasteiger partial charge is 0.211 e. The van der Waals surface area contributed by atoms with Crippen molar-refractivity contribution in [2.45, 2.75) is 0 Å². The predicted molar refractivity (Wildman–Crippen MR) is 72.0 cm³/mol. The van der Waals surface area contributed by atoms with Crippen molar-refractivity contribution < 1.29 is 8.42 Å². The molecule has 0 amide bonds. The van der Waals surface area contributed by atoms with E-state index in [0.29, 0.717) is 37.7 Å². The van der Waals surface area contributed by atoms with E-state index in [1.807, 2.05) is 11.0 Å².